The Morgan fingerprint density at radius 1 is 1.12 bits per heavy atom. The van der Waals surface area contributed by atoms with Crippen molar-refractivity contribution < 1.29 is 13.6 Å². The molecular weight excluding hydrogens is 310 g/mol. The summed E-state index contributed by atoms with van der Waals surface area (Å²) in [7, 11) is 1.69. The fourth-order valence-electron chi connectivity index (χ4n) is 2.82. The first kappa shape index (κ1) is 18.1. The maximum atomic E-state index is 13.7. The van der Waals surface area contributed by atoms with Crippen molar-refractivity contribution in [2.45, 2.75) is 27.3 Å². The monoisotopic (exact) mass is 332 g/mol. The van der Waals surface area contributed by atoms with Crippen LogP contribution in [-0.4, -0.2) is 24.4 Å². The van der Waals surface area contributed by atoms with Crippen LogP contribution in [0.15, 0.2) is 30.3 Å². The number of halogens is 2. The summed E-state index contributed by atoms with van der Waals surface area (Å²) in [4.78, 5) is 13.9. The molecule has 5 heteroatoms. The fourth-order valence-corrected chi connectivity index (χ4v) is 2.82. The number of amides is 1. The number of likely N-dealkylation sites (N-methyl/N-ethyl adjacent to an activating group) is 1. The molecule has 128 valence electrons. The second kappa shape index (κ2) is 7.53. The van der Waals surface area contributed by atoms with Gasteiger partial charge in [0.05, 0.1) is 6.54 Å². The van der Waals surface area contributed by atoms with Gasteiger partial charge in [-0.15, -0.1) is 0 Å². The first-order chi connectivity index (χ1) is 11.3. The summed E-state index contributed by atoms with van der Waals surface area (Å²) in [5, 5.41) is 2.90. The standard InChI is InChI=1S/C19H22F2N2O/c1-12-8-13(2)19(14(3)9-12)22-17(24)11-23(4)10-15-6-5-7-16(20)18(15)21/h5-9H,10-11H2,1-4H3,(H,22,24). The Bertz CT molecular complexity index is 736. The quantitative estimate of drug-likeness (QED) is 0.899. The largest absolute Gasteiger partial charge is 0.324 e. The van der Waals surface area contributed by atoms with Gasteiger partial charge in [-0.3, -0.25) is 9.69 Å². The molecule has 1 amide bonds. The van der Waals surface area contributed by atoms with Crippen LogP contribution in [0.4, 0.5) is 14.5 Å². The van der Waals surface area contributed by atoms with Crippen LogP contribution in [0, 0.1) is 32.4 Å². The van der Waals surface area contributed by atoms with Gasteiger partial charge in [0.2, 0.25) is 5.91 Å². The molecule has 0 saturated carbocycles. The lowest BCUT2D eigenvalue weighted by atomic mass is 10.1. The van der Waals surface area contributed by atoms with E-state index < -0.39 is 11.6 Å². The third-order valence-corrected chi connectivity index (χ3v) is 3.83. The van der Waals surface area contributed by atoms with Crippen molar-refractivity contribution in [2.24, 2.45) is 0 Å². The summed E-state index contributed by atoms with van der Waals surface area (Å²) < 4.78 is 26.9. The molecule has 24 heavy (non-hydrogen) atoms. The second-order valence-electron chi connectivity index (χ2n) is 6.21. The van der Waals surface area contributed by atoms with Crippen LogP contribution in [0.25, 0.3) is 0 Å². The minimum Gasteiger partial charge on any atom is -0.324 e. The predicted molar refractivity (Wildman–Crippen MR) is 92.0 cm³/mol. The Balaban J connectivity index is 2.01. The van der Waals surface area contributed by atoms with E-state index in [4.69, 9.17) is 0 Å². The molecule has 2 rings (SSSR count). The summed E-state index contributed by atoms with van der Waals surface area (Å²) in [6.45, 7) is 6.14. The van der Waals surface area contributed by atoms with Gasteiger partial charge in [0.1, 0.15) is 0 Å². The molecule has 0 aliphatic rings. The van der Waals surface area contributed by atoms with Crippen LogP contribution in [0.2, 0.25) is 0 Å². The number of benzene rings is 2. The SMILES string of the molecule is Cc1cc(C)c(NC(=O)CN(C)Cc2cccc(F)c2F)c(C)c1. The Hall–Kier alpha value is -2.27. The van der Waals surface area contributed by atoms with Crippen LogP contribution < -0.4 is 5.32 Å². The molecule has 0 spiro atoms. The van der Waals surface area contributed by atoms with Crippen molar-refractivity contribution in [2.75, 3.05) is 18.9 Å². The van der Waals surface area contributed by atoms with E-state index in [9.17, 15) is 13.6 Å². The van der Waals surface area contributed by atoms with E-state index in [1.807, 2.05) is 32.9 Å². The van der Waals surface area contributed by atoms with E-state index in [2.05, 4.69) is 5.32 Å². The summed E-state index contributed by atoms with van der Waals surface area (Å²) >= 11 is 0. The van der Waals surface area contributed by atoms with Crippen molar-refractivity contribution >= 4 is 11.6 Å². The normalized spacial score (nSPS) is 11.0. The van der Waals surface area contributed by atoms with Crippen LogP contribution in [0.1, 0.15) is 22.3 Å². The van der Waals surface area contributed by atoms with Gasteiger partial charge < -0.3 is 5.32 Å². The number of nitrogens with one attached hydrogen (secondary N) is 1. The predicted octanol–water partition coefficient (Wildman–Crippen LogP) is 3.96. The third-order valence-electron chi connectivity index (χ3n) is 3.83. The van der Waals surface area contributed by atoms with E-state index in [1.54, 1.807) is 11.9 Å². The van der Waals surface area contributed by atoms with Crippen molar-refractivity contribution in [1.82, 2.24) is 4.90 Å². The molecule has 1 N–H and O–H groups in total. The average molecular weight is 332 g/mol. The van der Waals surface area contributed by atoms with E-state index >= 15 is 0 Å². The number of hydrogen-bond donors (Lipinski definition) is 1. The lowest BCUT2D eigenvalue weighted by molar-refractivity contribution is -0.117. The molecule has 0 saturated heterocycles. The zero-order chi connectivity index (χ0) is 17.9. The second-order valence-corrected chi connectivity index (χ2v) is 6.21. The van der Waals surface area contributed by atoms with E-state index in [1.165, 1.54) is 12.1 Å². The lowest BCUT2D eigenvalue weighted by Crippen LogP contribution is -2.30. The van der Waals surface area contributed by atoms with E-state index in [0.29, 0.717) is 0 Å². The number of anilines is 1. The fraction of sp³-hybridized carbons (Fsp3) is 0.316. The van der Waals surface area contributed by atoms with Crippen LogP contribution >= 0.6 is 0 Å². The molecule has 2 aromatic carbocycles. The Labute approximate surface area is 141 Å². The smallest absolute Gasteiger partial charge is 0.238 e. The summed E-state index contributed by atoms with van der Waals surface area (Å²) in [5.41, 5.74) is 4.17. The molecular formula is C19H22F2N2O. The Kier molecular flexibility index (Phi) is 5.67. The van der Waals surface area contributed by atoms with Gasteiger partial charge in [-0.25, -0.2) is 8.78 Å². The molecule has 0 atom stereocenters. The highest BCUT2D eigenvalue weighted by atomic mass is 19.2. The molecule has 0 radical (unpaired) electrons. The molecule has 0 fully saturated rings. The molecule has 2 aromatic rings. The lowest BCUT2D eigenvalue weighted by Gasteiger charge is -2.18. The number of nitrogens with zero attached hydrogens (tertiary/aromatic N) is 1. The summed E-state index contributed by atoms with van der Waals surface area (Å²) in [6.07, 6.45) is 0. The van der Waals surface area contributed by atoms with Gasteiger partial charge >= 0.3 is 0 Å². The molecule has 0 heterocycles. The molecule has 3 nitrogen and oxygen atoms in total. The van der Waals surface area contributed by atoms with Gasteiger partial charge in [-0.05, 0) is 45.0 Å². The Morgan fingerprint density at radius 3 is 2.38 bits per heavy atom. The zero-order valence-corrected chi connectivity index (χ0v) is 14.4. The van der Waals surface area contributed by atoms with Gasteiger partial charge in [-0.2, -0.15) is 0 Å². The van der Waals surface area contributed by atoms with Gasteiger partial charge in [0.25, 0.3) is 0 Å². The van der Waals surface area contributed by atoms with Gasteiger partial charge in [0.15, 0.2) is 11.6 Å². The topological polar surface area (TPSA) is 32.3 Å². The molecule has 0 aromatic heterocycles. The number of aryl methyl sites for hydroxylation is 3. The van der Waals surface area contributed by atoms with Crippen molar-refractivity contribution in [3.63, 3.8) is 0 Å². The highest BCUT2D eigenvalue weighted by Crippen LogP contribution is 2.22. The van der Waals surface area contributed by atoms with Crippen molar-refractivity contribution in [1.29, 1.82) is 0 Å². The average Bonchev–Trinajstić information content (AvgIpc) is 2.47. The highest BCUT2D eigenvalue weighted by Gasteiger charge is 2.14. The highest BCUT2D eigenvalue weighted by molar-refractivity contribution is 5.93. The number of hydrogen-bond acceptors (Lipinski definition) is 2. The minimum atomic E-state index is -0.878. The van der Waals surface area contributed by atoms with Crippen LogP contribution in [0.3, 0.4) is 0 Å². The molecule has 0 aliphatic heterocycles. The third kappa shape index (κ3) is 4.38. The van der Waals surface area contributed by atoms with E-state index in [-0.39, 0.29) is 24.6 Å². The van der Waals surface area contributed by atoms with Crippen molar-refractivity contribution in [3.05, 3.63) is 64.2 Å². The van der Waals surface area contributed by atoms with Gasteiger partial charge in [-0.1, -0.05) is 29.8 Å². The van der Waals surface area contributed by atoms with Crippen molar-refractivity contribution in [3.8, 4) is 0 Å². The summed E-state index contributed by atoms with van der Waals surface area (Å²) in [6, 6.07) is 8.07. The molecule has 0 bridgehead atoms. The molecule has 0 unspecified atom stereocenters. The van der Waals surface area contributed by atoms with Gasteiger partial charge in [0, 0.05) is 17.8 Å². The zero-order valence-electron chi connectivity index (χ0n) is 14.4. The maximum absolute atomic E-state index is 13.7. The Morgan fingerprint density at radius 2 is 1.75 bits per heavy atom. The first-order valence-corrected chi connectivity index (χ1v) is 7.77. The maximum Gasteiger partial charge on any atom is 0.238 e. The number of rotatable bonds is 5. The van der Waals surface area contributed by atoms with Crippen LogP contribution in [-0.2, 0) is 11.3 Å². The molecule has 0 aliphatic carbocycles. The van der Waals surface area contributed by atoms with Crippen LogP contribution in [0.5, 0.6) is 0 Å². The summed E-state index contributed by atoms with van der Waals surface area (Å²) in [5.74, 6) is -1.93. The first-order valence-electron chi connectivity index (χ1n) is 7.77. The number of carbonyl (C=O) groups is 1. The number of carbonyl (C=O) groups excluding carboxylic acids is 1. The minimum absolute atomic E-state index is 0.0860. The van der Waals surface area contributed by atoms with E-state index in [0.717, 1.165) is 28.4 Å².